The van der Waals surface area contributed by atoms with Gasteiger partial charge in [0.2, 0.25) is 0 Å². The van der Waals surface area contributed by atoms with E-state index in [9.17, 15) is 34.0 Å². The molecule has 0 spiro atoms. The Balaban J connectivity index is 2.88. The van der Waals surface area contributed by atoms with Gasteiger partial charge < -0.3 is 30.3 Å². The number of halogens is 2. The molecule has 0 aromatic carbocycles. The molecule has 0 radical (unpaired) electrons. The maximum absolute atomic E-state index is 12.0. The third kappa shape index (κ3) is 2.74. The van der Waals surface area contributed by atoms with Crippen LogP contribution in [0.2, 0.25) is 0 Å². The quantitative estimate of drug-likeness (QED) is 0.293. The molecule has 1 fully saturated rings. The minimum atomic E-state index is -3.48. The Kier molecular flexibility index (Phi) is 4.53. The molecule has 1 amide bonds. The van der Waals surface area contributed by atoms with E-state index in [1.54, 1.807) is 0 Å². The van der Waals surface area contributed by atoms with Crippen molar-refractivity contribution in [3.8, 4) is 0 Å². The van der Waals surface area contributed by atoms with E-state index in [-0.39, 0.29) is 0 Å². The maximum Gasteiger partial charge on any atom is 0.315 e. The van der Waals surface area contributed by atoms with Gasteiger partial charge in [0, 0.05) is 0 Å². The normalized spacial score (nSPS) is 40.9. The van der Waals surface area contributed by atoms with Crippen LogP contribution in [0.1, 0.15) is 0 Å². The number of rotatable bonds is 3. The number of hydrogen-bond acceptors (Lipinski definition) is 7. The summed E-state index contributed by atoms with van der Waals surface area (Å²) in [6.45, 7) is -0.877. The van der Waals surface area contributed by atoms with E-state index in [1.165, 1.54) is 5.32 Å². The Morgan fingerprint density at radius 2 is 1.89 bits per heavy atom. The minimum Gasteiger partial charge on any atom is -0.394 e. The van der Waals surface area contributed by atoms with Gasteiger partial charge in [-0.3, -0.25) is 10.1 Å². The Hall–Kier alpha value is -0.910. The molecule has 1 saturated heterocycles. The van der Waals surface area contributed by atoms with Crippen LogP contribution in [0.5, 0.6) is 0 Å². The molecular formula is C8H13F2NO7. The Bertz CT molecular complexity index is 316. The highest BCUT2D eigenvalue weighted by molar-refractivity contribution is 5.79. The zero-order valence-corrected chi connectivity index (χ0v) is 8.90. The molecule has 6 N–H and O–H groups in total. The maximum atomic E-state index is 12.0. The van der Waals surface area contributed by atoms with Crippen LogP contribution in [0.4, 0.5) is 8.78 Å². The van der Waals surface area contributed by atoms with E-state index in [4.69, 9.17) is 5.11 Å². The Morgan fingerprint density at radius 3 is 2.33 bits per heavy atom. The van der Waals surface area contributed by atoms with Gasteiger partial charge in [0.05, 0.1) is 6.61 Å². The highest BCUT2D eigenvalue weighted by Gasteiger charge is 2.54. The molecule has 1 aliphatic rings. The van der Waals surface area contributed by atoms with Crippen LogP contribution in [0.15, 0.2) is 0 Å². The van der Waals surface area contributed by atoms with Crippen molar-refractivity contribution in [2.45, 2.75) is 36.8 Å². The average molecular weight is 273 g/mol. The van der Waals surface area contributed by atoms with E-state index in [2.05, 4.69) is 4.74 Å². The van der Waals surface area contributed by atoms with Crippen LogP contribution in [-0.4, -0.2) is 74.8 Å². The smallest absolute Gasteiger partial charge is 0.315 e. The first-order chi connectivity index (χ1) is 8.23. The number of hydrogen-bond donors (Lipinski definition) is 6. The fraction of sp³-hybridized carbons (Fsp3) is 0.875. The lowest BCUT2D eigenvalue weighted by atomic mass is 9.96. The average Bonchev–Trinajstić information content (AvgIpc) is 2.31. The summed E-state index contributed by atoms with van der Waals surface area (Å²) < 4.78 is 28.5. The lowest BCUT2D eigenvalue weighted by molar-refractivity contribution is -0.358. The first kappa shape index (κ1) is 15.1. The van der Waals surface area contributed by atoms with E-state index in [0.717, 1.165) is 0 Å². The van der Waals surface area contributed by atoms with Crippen LogP contribution >= 0.6 is 0 Å². The van der Waals surface area contributed by atoms with Crippen LogP contribution < -0.4 is 5.32 Å². The zero-order chi connectivity index (χ0) is 14.1. The highest BCUT2D eigenvalue weighted by atomic mass is 19.3. The summed E-state index contributed by atoms with van der Waals surface area (Å²) in [5.74, 6) is -4.98. The van der Waals surface area contributed by atoms with Crippen LogP contribution in [-0.2, 0) is 9.53 Å². The lowest BCUT2D eigenvalue weighted by Gasteiger charge is -2.45. The van der Waals surface area contributed by atoms with E-state index < -0.39 is 49.3 Å². The summed E-state index contributed by atoms with van der Waals surface area (Å²) >= 11 is 0. The number of aliphatic hydroxyl groups excluding tert-OH is 4. The largest absolute Gasteiger partial charge is 0.394 e. The van der Waals surface area contributed by atoms with Gasteiger partial charge >= 0.3 is 6.43 Å². The number of alkyl halides is 2. The molecule has 0 aliphatic carbocycles. The van der Waals surface area contributed by atoms with E-state index in [0.29, 0.717) is 0 Å². The molecule has 1 rings (SSSR count). The molecule has 0 aromatic rings. The number of carbonyl (C=O) groups is 1. The second-order valence-corrected chi connectivity index (χ2v) is 3.75. The predicted molar refractivity (Wildman–Crippen MR) is 49.1 cm³/mol. The van der Waals surface area contributed by atoms with Crippen molar-refractivity contribution < 1.29 is 43.8 Å². The van der Waals surface area contributed by atoms with Crippen molar-refractivity contribution in [2.24, 2.45) is 0 Å². The molecule has 18 heavy (non-hydrogen) atoms. The molecule has 106 valence electrons. The number of aliphatic hydroxyl groups is 5. The van der Waals surface area contributed by atoms with Crippen LogP contribution in [0, 0.1) is 0 Å². The number of ether oxygens (including phenoxy) is 1. The van der Waals surface area contributed by atoms with Crippen molar-refractivity contribution >= 4 is 5.91 Å². The number of carbonyl (C=O) groups excluding carboxylic acids is 1. The third-order valence-electron chi connectivity index (χ3n) is 2.47. The molecule has 10 heteroatoms. The summed E-state index contributed by atoms with van der Waals surface area (Å²) in [6, 6.07) is 0. The van der Waals surface area contributed by atoms with Crippen molar-refractivity contribution in [1.82, 2.24) is 5.32 Å². The van der Waals surface area contributed by atoms with E-state index in [1.807, 2.05) is 0 Å². The molecule has 1 heterocycles. The summed E-state index contributed by atoms with van der Waals surface area (Å²) in [4.78, 5) is 10.7. The summed E-state index contributed by atoms with van der Waals surface area (Å²) in [6.07, 6.45) is -11.1. The van der Waals surface area contributed by atoms with Gasteiger partial charge in [0.25, 0.3) is 11.8 Å². The standard InChI is InChI=1S/C8H13F2NO7/c9-6(10)7(16)11-8(17)5(15)4(14)3(13)2(1-12)18-8/h2-6,12-15,17H,1H2,(H,11,16). The SMILES string of the molecule is O=C(NC1(O)OC(CO)C(O)C(O)C1O)C(F)F. The lowest BCUT2D eigenvalue weighted by Crippen LogP contribution is -2.71. The number of nitrogens with one attached hydrogen (secondary N) is 1. The van der Waals surface area contributed by atoms with Gasteiger partial charge in [0.1, 0.15) is 18.3 Å². The van der Waals surface area contributed by atoms with Gasteiger partial charge in [-0.15, -0.1) is 0 Å². The third-order valence-corrected chi connectivity index (χ3v) is 2.47. The highest BCUT2D eigenvalue weighted by Crippen LogP contribution is 2.26. The zero-order valence-electron chi connectivity index (χ0n) is 8.90. The van der Waals surface area contributed by atoms with Crippen molar-refractivity contribution in [3.63, 3.8) is 0 Å². The summed E-state index contributed by atoms with van der Waals surface area (Å²) in [5.41, 5.74) is 0. The first-order valence-corrected chi connectivity index (χ1v) is 4.88. The van der Waals surface area contributed by atoms with Gasteiger partial charge in [-0.2, -0.15) is 8.78 Å². The predicted octanol–water partition coefficient (Wildman–Crippen LogP) is -3.51. The van der Waals surface area contributed by atoms with Crippen molar-refractivity contribution in [2.75, 3.05) is 6.61 Å². The molecular weight excluding hydrogens is 260 g/mol. The molecule has 1 aliphatic heterocycles. The van der Waals surface area contributed by atoms with Crippen LogP contribution in [0.25, 0.3) is 0 Å². The van der Waals surface area contributed by atoms with Gasteiger partial charge in [-0.1, -0.05) is 0 Å². The van der Waals surface area contributed by atoms with Gasteiger partial charge in [-0.05, 0) is 0 Å². The van der Waals surface area contributed by atoms with Crippen LogP contribution in [0.3, 0.4) is 0 Å². The summed E-state index contributed by atoms with van der Waals surface area (Å²) in [5, 5.41) is 47.7. The monoisotopic (exact) mass is 273 g/mol. The molecule has 8 nitrogen and oxygen atoms in total. The van der Waals surface area contributed by atoms with Crippen molar-refractivity contribution in [1.29, 1.82) is 0 Å². The Labute approximate surface area is 99.4 Å². The minimum absolute atomic E-state index is 0.877. The molecule has 5 atom stereocenters. The van der Waals surface area contributed by atoms with E-state index >= 15 is 0 Å². The first-order valence-electron chi connectivity index (χ1n) is 4.88. The van der Waals surface area contributed by atoms with Gasteiger partial charge in [-0.25, -0.2) is 0 Å². The fourth-order valence-corrected chi connectivity index (χ4v) is 1.49. The topological polar surface area (TPSA) is 139 Å². The molecule has 5 unspecified atom stereocenters. The van der Waals surface area contributed by atoms with Crippen molar-refractivity contribution in [3.05, 3.63) is 0 Å². The summed E-state index contributed by atoms with van der Waals surface area (Å²) in [7, 11) is 0. The number of amides is 1. The second-order valence-electron chi connectivity index (χ2n) is 3.75. The fourth-order valence-electron chi connectivity index (χ4n) is 1.49. The molecule has 0 aromatic heterocycles. The second kappa shape index (κ2) is 5.38. The molecule has 0 saturated carbocycles. The van der Waals surface area contributed by atoms with Gasteiger partial charge in [0.15, 0.2) is 6.10 Å². The Morgan fingerprint density at radius 1 is 1.33 bits per heavy atom. The molecule has 0 bridgehead atoms.